The lowest BCUT2D eigenvalue weighted by Gasteiger charge is -2.21. The Hall–Kier alpha value is -2.61. The van der Waals surface area contributed by atoms with E-state index in [1.807, 2.05) is 20.8 Å². The molecule has 0 aliphatic heterocycles. The lowest BCUT2D eigenvalue weighted by atomic mass is 10.1. The Bertz CT molecular complexity index is 921. The lowest BCUT2D eigenvalue weighted by molar-refractivity contribution is 0.0920. The predicted octanol–water partition coefficient (Wildman–Crippen LogP) is 3.16. The lowest BCUT2D eigenvalue weighted by Crippen LogP contribution is -2.40. The summed E-state index contributed by atoms with van der Waals surface area (Å²) in [5.41, 5.74) is -0.253. The van der Waals surface area contributed by atoms with Crippen molar-refractivity contribution < 1.29 is 22.3 Å². The van der Waals surface area contributed by atoms with E-state index in [0.29, 0.717) is 0 Å². The van der Waals surface area contributed by atoms with Crippen LogP contribution in [0.4, 0.5) is 10.1 Å². The number of rotatable bonds is 5. The highest BCUT2D eigenvalue weighted by Gasteiger charge is 2.24. The molecule has 0 unspecified atom stereocenters. The van der Waals surface area contributed by atoms with Crippen molar-refractivity contribution in [3.05, 3.63) is 53.8 Å². The molecule has 2 rings (SSSR count). The number of methoxy groups -OCH3 is 1. The molecule has 0 fully saturated rings. The molecule has 0 spiro atoms. The van der Waals surface area contributed by atoms with Gasteiger partial charge in [-0.05, 0) is 51.1 Å². The van der Waals surface area contributed by atoms with Crippen molar-refractivity contribution in [2.75, 3.05) is 11.8 Å². The molecule has 1 amide bonds. The minimum Gasteiger partial charge on any atom is -0.495 e. The van der Waals surface area contributed by atoms with Gasteiger partial charge >= 0.3 is 0 Å². The van der Waals surface area contributed by atoms with Crippen LogP contribution in [0.15, 0.2) is 47.4 Å². The highest BCUT2D eigenvalue weighted by Crippen LogP contribution is 2.27. The fraction of sp³-hybridized carbons (Fsp3) is 0.278. The number of anilines is 1. The first-order chi connectivity index (χ1) is 12.0. The Kier molecular flexibility index (Phi) is 5.56. The first kappa shape index (κ1) is 19.7. The highest BCUT2D eigenvalue weighted by molar-refractivity contribution is 7.92. The average molecular weight is 380 g/mol. The number of nitrogens with one attached hydrogen (secondary N) is 2. The normalized spacial score (nSPS) is 11.7. The van der Waals surface area contributed by atoms with Crippen molar-refractivity contribution in [2.24, 2.45) is 0 Å². The molecule has 140 valence electrons. The predicted molar refractivity (Wildman–Crippen MR) is 97.4 cm³/mol. The van der Waals surface area contributed by atoms with E-state index in [1.165, 1.54) is 25.3 Å². The molecule has 26 heavy (non-hydrogen) atoms. The van der Waals surface area contributed by atoms with E-state index in [-0.39, 0.29) is 21.9 Å². The summed E-state index contributed by atoms with van der Waals surface area (Å²) in [4.78, 5) is 12.1. The molecule has 0 saturated carbocycles. The molecule has 0 atom stereocenters. The van der Waals surface area contributed by atoms with E-state index in [1.54, 1.807) is 12.1 Å². The summed E-state index contributed by atoms with van der Waals surface area (Å²) < 4.78 is 46.3. The summed E-state index contributed by atoms with van der Waals surface area (Å²) in [5.74, 6) is -1.15. The standard InChI is InChI=1S/C18H21FN2O4S/c1-18(2,3)20-17(22)13-7-5-6-8-14(13)21-26(23,24)16-11-12(19)9-10-15(16)25-4/h5-11,21H,1-4H3,(H,20,22). The van der Waals surface area contributed by atoms with Crippen LogP contribution in [-0.2, 0) is 10.0 Å². The first-order valence-electron chi connectivity index (χ1n) is 7.81. The monoisotopic (exact) mass is 380 g/mol. The summed E-state index contributed by atoms with van der Waals surface area (Å²) in [6, 6.07) is 9.36. The Morgan fingerprint density at radius 1 is 1.12 bits per heavy atom. The number of halogens is 1. The van der Waals surface area contributed by atoms with Crippen molar-refractivity contribution in [1.29, 1.82) is 0 Å². The van der Waals surface area contributed by atoms with Crippen LogP contribution in [0.1, 0.15) is 31.1 Å². The van der Waals surface area contributed by atoms with Crippen LogP contribution < -0.4 is 14.8 Å². The molecule has 0 aliphatic rings. The van der Waals surface area contributed by atoms with E-state index in [9.17, 15) is 17.6 Å². The van der Waals surface area contributed by atoms with Gasteiger partial charge in [0.1, 0.15) is 16.5 Å². The van der Waals surface area contributed by atoms with Crippen LogP contribution in [0.3, 0.4) is 0 Å². The Labute approximate surface area is 152 Å². The molecule has 0 saturated heterocycles. The smallest absolute Gasteiger partial charge is 0.265 e. The van der Waals surface area contributed by atoms with Gasteiger partial charge < -0.3 is 10.1 Å². The number of carbonyl (C=O) groups is 1. The molecule has 2 N–H and O–H groups in total. The number of benzene rings is 2. The van der Waals surface area contributed by atoms with Crippen LogP contribution >= 0.6 is 0 Å². The van der Waals surface area contributed by atoms with Gasteiger partial charge in [-0.15, -0.1) is 0 Å². The second kappa shape index (κ2) is 7.33. The number of carbonyl (C=O) groups excluding carboxylic acids is 1. The Morgan fingerprint density at radius 2 is 1.77 bits per heavy atom. The van der Waals surface area contributed by atoms with Crippen molar-refractivity contribution >= 4 is 21.6 Å². The Balaban J connectivity index is 2.43. The zero-order valence-electron chi connectivity index (χ0n) is 15.0. The summed E-state index contributed by atoms with van der Waals surface area (Å²) >= 11 is 0. The van der Waals surface area contributed by atoms with Crippen molar-refractivity contribution in [1.82, 2.24) is 5.32 Å². The third-order valence-electron chi connectivity index (χ3n) is 3.32. The third kappa shape index (κ3) is 4.72. The molecule has 0 bridgehead atoms. The van der Waals surface area contributed by atoms with Gasteiger partial charge in [0, 0.05) is 5.54 Å². The number of amides is 1. The third-order valence-corrected chi connectivity index (χ3v) is 4.71. The minimum absolute atomic E-state index is 0.00414. The molecule has 0 heterocycles. The molecule has 2 aromatic carbocycles. The maximum absolute atomic E-state index is 13.5. The maximum atomic E-state index is 13.5. The van der Waals surface area contributed by atoms with E-state index >= 15 is 0 Å². The number of hydrogen-bond donors (Lipinski definition) is 2. The number of ether oxygens (including phenoxy) is 1. The Morgan fingerprint density at radius 3 is 2.38 bits per heavy atom. The summed E-state index contributed by atoms with van der Waals surface area (Å²) in [7, 11) is -2.88. The van der Waals surface area contributed by atoms with Crippen LogP contribution in [0.25, 0.3) is 0 Å². The number of para-hydroxylation sites is 1. The molecule has 0 aromatic heterocycles. The second-order valence-electron chi connectivity index (χ2n) is 6.65. The van der Waals surface area contributed by atoms with Crippen LogP contribution in [0.5, 0.6) is 5.75 Å². The summed E-state index contributed by atoms with van der Waals surface area (Å²) in [5, 5.41) is 2.77. The number of hydrogen-bond acceptors (Lipinski definition) is 4. The molecular weight excluding hydrogens is 359 g/mol. The van der Waals surface area contributed by atoms with Gasteiger partial charge in [0.05, 0.1) is 18.4 Å². The van der Waals surface area contributed by atoms with Crippen molar-refractivity contribution in [2.45, 2.75) is 31.2 Å². The van der Waals surface area contributed by atoms with Gasteiger partial charge in [0.15, 0.2) is 0 Å². The zero-order valence-corrected chi connectivity index (χ0v) is 15.8. The maximum Gasteiger partial charge on any atom is 0.265 e. The molecule has 2 aromatic rings. The molecular formula is C18H21FN2O4S. The quantitative estimate of drug-likeness (QED) is 0.834. The van der Waals surface area contributed by atoms with Crippen LogP contribution in [-0.4, -0.2) is 27.0 Å². The van der Waals surface area contributed by atoms with Gasteiger partial charge in [0.25, 0.3) is 15.9 Å². The van der Waals surface area contributed by atoms with E-state index in [0.717, 1.165) is 12.1 Å². The van der Waals surface area contributed by atoms with Crippen molar-refractivity contribution in [3.8, 4) is 5.75 Å². The fourth-order valence-electron chi connectivity index (χ4n) is 2.24. The topological polar surface area (TPSA) is 84.5 Å². The van der Waals surface area contributed by atoms with Gasteiger partial charge in [-0.3, -0.25) is 9.52 Å². The molecule has 6 nitrogen and oxygen atoms in total. The number of sulfonamides is 1. The van der Waals surface area contributed by atoms with E-state index in [4.69, 9.17) is 4.74 Å². The molecule has 0 aliphatic carbocycles. The zero-order chi connectivity index (χ0) is 19.5. The fourth-order valence-corrected chi connectivity index (χ4v) is 3.50. The SMILES string of the molecule is COc1ccc(F)cc1S(=O)(=O)Nc1ccccc1C(=O)NC(C)(C)C. The molecule has 8 heteroatoms. The van der Waals surface area contributed by atoms with Gasteiger partial charge in [-0.25, -0.2) is 12.8 Å². The van der Waals surface area contributed by atoms with Gasteiger partial charge in [0.2, 0.25) is 0 Å². The van der Waals surface area contributed by atoms with Gasteiger partial charge in [-0.2, -0.15) is 0 Å². The summed E-state index contributed by atoms with van der Waals surface area (Å²) in [6.07, 6.45) is 0. The van der Waals surface area contributed by atoms with Gasteiger partial charge in [-0.1, -0.05) is 12.1 Å². The average Bonchev–Trinajstić information content (AvgIpc) is 2.53. The van der Waals surface area contributed by atoms with E-state index in [2.05, 4.69) is 10.0 Å². The first-order valence-corrected chi connectivity index (χ1v) is 9.30. The minimum atomic E-state index is -4.17. The molecule has 0 radical (unpaired) electrons. The van der Waals surface area contributed by atoms with E-state index < -0.39 is 27.3 Å². The van der Waals surface area contributed by atoms with Crippen LogP contribution in [0.2, 0.25) is 0 Å². The van der Waals surface area contributed by atoms with Crippen molar-refractivity contribution in [3.63, 3.8) is 0 Å². The summed E-state index contributed by atoms with van der Waals surface area (Å²) in [6.45, 7) is 5.44. The largest absolute Gasteiger partial charge is 0.495 e. The highest BCUT2D eigenvalue weighted by atomic mass is 32.2. The second-order valence-corrected chi connectivity index (χ2v) is 8.30. The van der Waals surface area contributed by atoms with Crippen LogP contribution in [0, 0.1) is 5.82 Å².